The van der Waals surface area contributed by atoms with Gasteiger partial charge in [0.25, 0.3) is 0 Å². The van der Waals surface area contributed by atoms with Crippen molar-refractivity contribution in [3.8, 4) is 5.75 Å². The van der Waals surface area contributed by atoms with E-state index in [0.29, 0.717) is 0 Å². The zero-order chi connectivity index (χ0) is 18.5. The Hall–Kier alpha value is -2.84. The van der Waals surface area contributed by atoms with Crippen LogP contribution in [0.1, 0.15) is 38.1 Å². The van der Waals surface area contributed by atoms with E-state index in [0.717, 1.165) is 6.07 Å². The summed E-state index contributed by atoms with van der Waals surface area (Å²) in [5, 5.41) is 22.6. The first-order valence-electron chi connectivity index (χ1n) is 7.14. The largest absolute Gasteiger partial charge is 0.484 e. The van der Waals surface area contributed by atoms with Gasteiger partial charge in [-0.05, 0) is 33.8 Å². The third kappa shape index (κ3) is 5.75. The van der Waals surface area contributed by atoms with E-state index >= 15 is 0 Å². The van der Waals surface area contributed by atoms with Crippen molar-refractivity contribution in [2.45, 2.75) is 39.3 Å². The van der Waals surface area contributed by atoms with E-state index in [1.807, 2.05) is 0 Å². The summed E-state index contributed by atoms with van der Waals surface area (Å²) in [4.78, 5) is 33.1. The van der Waals surface area contributed by atoms with Crippen molar-refractivity contribution in [3.63, 3.8) is 0 Å². The van der Waals surface area contributed by atoms with Crippen LogP contribution < -0.4 is 10.1 Å². The molecule has 1 amide bonds. The summed E-state index contributed by atoms with van der Waals surface area (Å²) >= 11 is 0. The lowest BCUT2D eigenvalue weighted by atomic mass is 10.1. The number of nitro benzene ring substituents is 1. The van der Waals surface area contributed by atoms with Crippen LogP contribution in [-0.4, -0.2) is 40.3 Å². The quantitative estimate of drug-likeness (QED) is 0.601. The van der Waals surface area contributed by atoms with Crippen LogP contribution in [0.2, 0.25) is 0 Å². The van der Waals surface area contributed by atoms with Crippen LogP contribution in [0.5, 0.6) is 5.75 Å². The molecule has 0 aromatic heterocycles. The van der Waals surface area contributed by atoms with Crippen molar-refractivity contribution in [3.05, 3.63) is 33.9 Å². The molecule has 9 heteroatoms. The van der Waals surface area contributed by atoms with E-state index in [2.05, 4.69) is 5.32 Å². The number of nitro groups is 1. The van der Waals surface area contributed by atoms with Crippen LogP contribution in [-0.2, 0) is 4.74 Å². The van der Waals surface area contributed by atoms with E-state index < -0.39 is 34.3 Å². The second kappa shape index (κ2) is 7.62. The van der Waals surface area contributed by atoms with Crippen molar-refractivity contribution in [1.29, 1.82) is 0 Å². The number of carbonyl (C=O) groups excluding carboxylic acids is 1. The van der Waals surface area contributed by atoms with Gasteiger partial charge in [-0.2, -0.15) is 0 Å². The molecule has 0 aliphatic rings. The van der Waals surface area contributed by atoms with Gasteiger partial charge in [0.1, 0.15) is 17.8 Å². The lowest BCUT2D eigenvalue weighted by Crippen LogP contribution is -2.40. The summed E-state index contributed by atoms with van der Waals surface area (Å²) in [5.74, 6) is -1.70. The number of ether oxygens (including phenoxy) is 2. The maximum absolute atomic E-state index is 11.6. The molecule has 132 valence electrons. The number of carboxylic acids is 1. The van der Waals surface area contributed by atoms with Gasteiger partial charge < -0.3 is 19.9 Å². The highest BCUT2D eigenvalue weighted by Crippen LogP contribution is 2.31. The summed E-state index contributed by atoms with van der Waals surface area (Å²) in [6, 6.07) is 3.06. The Morgan fingerprint density at radius 2 is 2.00 bits per heavy atom. The fourth-order valence-corrected chi connectivity index (χ4v) is 1.75. The van der Waals surface area contributed by atoms with Gasteiger partial charge in [-0.1, -0.05) is 6.07 Å². The minimum atomic E-state index is -1.35. The van der Waals surface area contributed by atoms with Crippen molar-refractivity contribution in [2.75, 3.05) is 6.61 Å². The van der Waals surface area contributed by atoms with E-state index in [1.54, 1.807) is 27.7 Å². The summed E-state index contributed by atoms with van der Waals surface area (Å²) in [5.41, 5.74) is -1.45. The molecule has 1 atom stereocenters. The topological polar surface area (TPSA) is 128 Å². The molecule has 1 unspecified atom stereocenters. The van der Waals surface area contributed by atoms with E-state index in [9.17, 15) is 19.7 Å². The van der Waals surface area contributed by atoms with E-state index in [-0.39, 0.29) is 17.9 Å². The van der Waals surface area contributed by atoms with Gasteiger partial charge in [0.15, 0.2) is 0 Å². The van der Waals surface area contributed by atoms with E-state index in [4.69, 9.17) is 14.6 Å². The number of nitrogens with zero attached hydrogens (tertiary/aromatic N) is 1. The standard InChI is InChI=1S/C15H20N2O7/c1-9(16-14(20)24-15(2,3)4)8-23-12-10(13(18)19)6-5-7-11(12)17(21)22/h5-7,9H,8H2,1-4H3,(H,16,20)(H,18,19). The maximum atomic E-state index is 11.6. The molecule has 24 heavy (non-hydrogen) atoms. The highest BCUT2D eigenvalue weighted by molar-refractivity contribution is 5.92. The van der Waals surface area contributed by atoms with Gasteiger partial charge in [0, 0.05) is 6.07 Å². The van der Waals surface area contributed by atoms with Gasteiger partial charge in [0.05, 0.1) is 11.0 Å². The Bertz CT molecular complexity index is 605. The number of benzene rings is 1. The highest BCUT2D eigenvalue weighted by Gasteiger charge is 2.24. The lowest BCUT2D eigenvalue weighted by Gasteiger charge is -2.22. The van der Waals surface area contributed by atoms with Crippen molar-refractivity contribution < 1.29 is 29.1 Å². The zero-order valence-corrected chi connectivity index (χ0v) is 13.9. The first-order valence-corrected chi connectivity index (χ1v) is 7.14. The van der Waals surface area contributed by atoms with E-state index in [1.165, 1.54) is 12.1 Å². The number of hydrogen-bond acceptors (Lipinski definition) is 6. The van der Waals surface area contributed by atoms with Crippen LogP contribution in [0.3, 0.4) is 0 Å². The smallest absolute Gasteiger partial charge is 0.407 e. The van der Waals surface area contributed by atoms with Gasteiger partial charge in [-0.15, -0.1) is 0 Å². The normalized spacial score (nSPS) is 12.2. The Morgan fingerprint density at radius 3 is 2.50 bits per heavy atom. The number of para-hydroxylation sites is 1. The summed E-state index contributed by atoms with van der Waals surface area (Å²) < 4.78 is 10.4. The molecule has 0 bridgehead atoms. The minimum absolute atomic E-state index is 0.162. The molecule has 0 fully saturated rings. The average Bonchev–Trinajstić information content (AvgIpc) is 2.42. The fourth-order valence-electron chi connectivity index (χ4n) is 1.75. The molecule has 2 N–H and O–H groups in total. The van der Waals surface area contributed by atoms with Crippen molar-refractivity contribution >= 4 is 17.7 Å². The number of rotatable bonds is 6. The molecule has 0 saturated carbocycles. The second-order valence-corrected chi connectivity index (χ2v) is 6.07. The zero-order valence-electron chi connectivity index (χ0n) is 13.9. The molecule has 0 heterocycles. The number of nitrogens with one attached hydrogen (secondary N) is 1. The SMILES string of the molecule is CC(COc1c(C(=O)O)cccc1[N+](=O)[O-])NC(=O)OC(C)(C)C. The van der Waals surface area contributed by atoms with Gasteiger partial charge in [-0.3, -0.25) is 10.1 Å². The Balaban J connectivity index is 2.81. The molecule has 0 saturated heterocycles. The lowest BCUT2D eigenvalue weighted by molar-refractivity contribution is -0.385. The van der Waals surface area contributed by atoms with Crippen LogP contribution in [0.25, 0.3) is 0 Å². The summed E-state index contributed by atoms with van der Waals surface area (Å²) in [6.07, 6.45) is -0.667. The predicted molar refractivity (Wildman–Crippen MR) is 84.4 cm³/mol. The van der Waals surface area contributed by atoms with Crippen LogP contribution in [0, 0.1) is 10.1 Å². The molecule has 1 aromatic carbocycles. The molecular weight excluding hydrogens is 320 g/mol. The van der Waals surface area contributed by atoms with Crippen LogP contribution >= 0.6 is 0 Å². The molecule has 1 aromatic rings. The first-order chi connectivity index (χ1) is 11.0. The summed E-state index contributed by atoms with van der Waals surface area (Å²) in [7, 11) is 0. The number of amides is 1. The predicted octanol–water partition coefficient (Wildman–Crippen LogP) is 2.59. The Labute approximate surface area is 138 Å². The number of aromatic carboxylic acids is 1. The second-order valence-electron chi connectivity index (χ2n) is 6.07. The molecule has 9 nitrogen and oxygen atoms in total. The maximum Gasteiger partial charge on any atom is 0.407 e. The number of carbonyl (C=O) groups is 2. The van der Waals surface area contributed by atoms with Gasteiger partial charge in [0.2, 0.25) is 5.75 Å². The molecule has 1 rings (SSSR count). The van der Waals surface area contributed by atoms with Crippen molar-refractivity contribution in [1.82, 2.24) is 5.32 Å². The van der Waals surface area contributed by atoms with Crippen molar-refractivity contribution in [2.24, 2.45) is 0 Å². The third-order valence-electron chi connectivity index (χ3n) is 2.66. The number of alkyl carbamates (subject to hydrolysis) is 1. The van der Waals surface area contributed by atoms with Gasteiger partial charge >= 0.3 is 17.7 Å². The van der Waals surface area contributed by atoms with Gasteiger partial charge in [-0.25, -0.2) is 9.59 Å². The fraction of sp³-hybridized carbons (Fsp3) is 0.467. The monoisotopic (exact) mass is 340 g/mol. The molecule has 0 radical (unpaired) electrons. The third-order valence-corrected chi connectivity index (χ3v) is 2.66. The Morgan fingerprint density at radius 1 is 1.38 bits per heavy atom. The molecule has 0 aliphatic carbocycles. The van der Waals surface area contributed by atoms with Crippen LogP contribution in [0.4, 0.5) is 10.5 Å². The number of carboxylic acid groups (broad SMARTS) is 1. The molecular formula is C15H20N2O7. The minimum Gasteiger partial charge on any atom is -0.484 e. The average molecular weight is 340 g/mol. The summed E-state index contributed by atoms with van der Waals surface area (Å²) in [6.45, 7) is 6.56. The highest BCUT2D eigenvalue weighted by atomic mass is 16.6. The Kier molecular flexibility index (Phi) is 6.10. The first kappa shape index (κ1) is 19.2. The molecule has 0 spiro atoms. The van der Waals surface area contributed by atoms with Crippen LogP contribution in [0.15, 0.2) is 18.2 Å². The number of hydrogen-bond donors (Lipinski definition) is 2. The molecule has 0 aliphatic heterocycles.